The topological polar surface area (TPSA) is 50.2 Å². The van der Waals surface area contributed by atoms with Gasteiger partial charge < -0.3 is 14.8 Å². The Hall–Kier alpha value is -1.95. The highest BCUT2D eigenvalue weighted by Gasteiger charge is 2.27. The number of nitrogens with one attached hydrogen (secondary N) is 1. The highest BCUT2D eigenvalue weighted by molar-refractivity contribution is 5.77. The summed E-state index contributed by atoms with van der Waals surface area (Å²) < 4.78 is 16.6. The second-order valence-corrected chi connectivity index (χ2v) is 7.79. The number of pyridine rings is 2. The van der Waals surface area contributed by atoms with Crippen LogP contribution in [0.5, 0.6) is 0 Å². The first kappa shape index (κ1) is 17.9. The fourth-order valence-electron chi connectivity index (χ4n) is 3.44. The molecule has 1 N–H and O–H groups in total. The molecular weight excluding hydrogens is 319 g/mol. The molecule has 25 heavy (non-hydrogen) atoms. The number of nitrogens with zero attached hydrogens (tertiary/aromatic N) is 3. The van der Waals surface area contributed by atoms with E-state index in [1.165, 1.54) is 12.1 Å². The van der Waals surface area contributed by atoms with E-state index in [4.69, 9.17) is 0 Å². The zero-order valence-electron chi connectivity index (χ0n) is 15.5. The van der Waals surface area contributed by atoms with Crippen LogP contribution >= 0.6 is 0 Å². The quantitative estimate of drug-likeness (QED) is 0.925. The normalized spacial score (nSPS) is 18.3. The minimum Gasteiger partial charge on any atom is -0.354 e. The van der Waals surface area contributed by atoms with Crippen LogP contribution in [0.15, 0.2) is 23.1 Å². The lowest BCUT2D eigenvalue weighted by molar-refractivity contribution is 0.405. The predicted octanol–water partition coefficient (Wildman–Crippen LogP) is 2.73. The van der Waals surface area contributed by atoms with Crippen molar-refractivity contribution in [2.75, 3.05) is 31.1 Å². The zero-order valence-corrected chi connectivity index (χ0v) is 15.5. The van der Waals surface area contributed by atoms with Crippen molar-refractivity contribution < 1.29 is 4.39 Å². The molecule has 1 atom stereocenters. The van der Waals surface area contributed by atoms with Crippen LogP contribution in [-0.4, -0.2) is 35.7 Å². The summed E-state index contributed by atoms with van der Waals surface area (Å²) in [5.41, 5.74) is 0.110. The van der Waals surface area contributed by atoms with E-state index in [0.29, 0.717) is 22.8 Å². The molecule has 0 amide bonds. The molecule has 0 bridgehead atoms. The third kappa shape index (κ3) is 3.54. The number of halogens is 1. The summed E-state index contributed by atoms with van der Waals surface area (Å²) >= 11 is 0. The highest BCUT2D eigenvalue weighted by Crippen LogP contribution is 2.28. The molecule has 1 saturated heterocycles. The lowest BCUT2D eigenvalue weighted by Gasteiger charge is -2.26. The van der Waals surface area contributed by atoms with Crippen LogP contribution in [0.25, 0.3) is 11.0 Å². The molecule has 0 saturated carbocycles. The van der Waals surface area contributed by atoms with Crippen LogP contribution < -0.4 is 15.6 Å². The summed E-state index contributed by atoms with van der Waals surface area (Å²) in [6, 6.07) is 2.83. The Morgan fingerprint density at radius 3 is 2.84 bits per heavy atom. The Balaban J connectivity index is 2.03. The summed E-state index contributed by atoms with van der Waals surface area (Å²) in [7, 11) is 0. The van der Waals surface area contributed by atoms with Crippen molar-refractivity contribution in [1.82, 2.24) is 14.9 Å². The van der Waals surface area contributed by atoms with Gasteiger partial charge >= 0.3 is 0 Å². The van der Waals surface area contributed by atoms with Gasteiger partial charge in [-0.3, -0.25) is 4.79 Å². The Kier molecular flexibility index (Phi) is 4.82. The number of aromatic nitrogens is 2. The van der Waals surface area contributed by atoms with Crippen LogP contribution in [0.4, 0.5) is 10.2 Å². The van der Waals surface area contributed by atoms with E-state index in [9.17, 15) is 9.18 Å². The Bertz CT molecular complexity index is 825. The van der Waals surface area contributed by atoms with Crippen LogP contribution in [0.1, 0.15) is 34.1 Å². The smallest absolute Gasteiger partial charge is 0.191 e. The van der Waals surface area contributed by atoms with E-state index in [1.54, 1.807) is 6.20 Å². The van der Waals surface area contributed by atoms with Crippen LogP contribution in [0, 0.1) is 11.7 Å². The molecule has 1 aliphatic heterocycles. The molecule has 1 unspecified atom stereocenters. The van der Waals surface area contributed by atoms with Crippen molar-refractivity contribution in [1.29, 1.82) is 0 Å². The van der Waals surface area contributed by atoms with Crippen molar-refractivity contribution in [2.45, 2.75) is 39.7 Å². The largest absolute Gasteiger partial charge is 0.354 e. The molecule has 3 heterocycles. The third-order valence-corrected chi connectivity index (χ3v) is 4.80. The molecule has 2 aromatic heterocycles. The van der Waals surface area contributed by atoms with Gasteiger partial charge in [-0.25, -0.2) is 9.37 Å². The fraction of sp³-hybridized carbons (Fsp3) is 0.579. The van der Waals surface area contributed by atoms with Gasteiger partial charge in [0.05, 0.1) is 5.39 Å². The van der Waals surface area contributed by atoms with Crippen LogP contribution in [0.2, 0.25) is 0 Å². The minimum atomic E-state index is -0.416. The van der Waals surface area contributed by atoms with Gasteiger partial charge in [0.1, 0.15) is 5.65 Å². The molecule has 1 fully saturated rings. The molecule has 0 spiro atoms. The van der Waals surface area contributed by atoms with Gasteiger partial charge in [-0.1, -0.05) is 6.92 Å². The Morgan fingerprint density at radius 1 is 1.40 bits per heavy atom. The van der Waals surface area contributed by atoms with Gasteiger partial charge in [0.15, 0.2) is 17.1 Å². The summed E-state index contributed by atoms with van der Waals surface area (Å²) in [4.78, 5) is 18.8. The molecule has 2 aromatic rings. The van der Waals surface area contributed by atoms with E-state index < -0.39 is 5.82 Å². The monoisotopic (exact) mass is 346 g/mol. The first-order valence-electron chi connectivity index (χ1n) is 8.99. The maximum atomic E-state index is 14.7. The predicted molar refractivity (Wildman–Crippen MR) is 99.8 cm³/mol. The molecule has 3 rings (SSSR count). The van der Waals surface area contributed by atoms with E-state index in [0.717, 1.165) is 32.6 Å². The maximum Gasteiger partial charge on any atom is 0.191 e. The molecule has 0 aliphatic carbocycles. The molecular formula is C19H27FN4O. The molecule has 0 radical (unpaired) electrons. The Morgan fingerprint density at radius 2 is 2.16 bits per heavy atom. The van der Waals surface area contributed by atoms with Crippen molar-refractivity contribution in [3.63, 3.8) is 0 Å². The highest BCUT2D eigenvalue weighted by atomic mass is 19.1. The second kappa shape index (κ2) is 6.75. The van der Waals surface area contributed by atoms with Crippen molar-refractivity contribution >= 4 is 16.9 Å². The number of anilines is 1. The standard InChI is InChI=1S/C19H27FN4O/c1-5-21-11-13-6-8-23(12-13)18-15(20)10-14-16(25)7-9-24(17(14)22-18)19(2,3)4/h7,9-10,13,21H,5-6,8,11-12H2,1-4H3. The van der Waals surface area contributed by atoms with Gasteiger partial charge in [0.25, 0.3) is 0 Å². The van der Waals surface area contributed by atoms with Crippen molar-refractivity contribution in [2.24, 2.45) is 5.92 Å². The minimum absolute atomic E-state index is 0.195. The molecule has 1 aliphatic rings. The number of fused-ring (bicyclic) bond motifs is 1. The maximum absolute atomic E-state index is 14.7. The summed E-state index contributed by atoms with van der Waals surface area (Å²) in [5.74, 6) is 0.438. The fourth-order valence-corrected chi connectivity index (χ4v) is 3.44. The SMILES string of the molecule is CCNCC1CCN(c2nc3c(cc2F)c(=O)ccn3C(C)(C)C)C1. The van der Waals surface area contributed by atoms with E-state index in [2.05, 4.69) is 17.2 Å². The number of rotatable bonds is 4. The lowest BCUT2D eigenvalue weighted by atomic mass is 10.1. The number of hydrogen-bond donors (Lipinski definition) is 1. The molecule has 0 aromatic carbocycles. The van der Waals surface area contributed by atoms with E-state index in [-0.39, 0.29) is 11.0 Å². The van der Waals surface area contributed by atoms with Crippen LogP contribution in [0.3, 0.4) is 0 Å². The summed E-state index contributed by atoms with van der Waals surface area (Å²) in [5, 5.41) is 3.69. The van der Waals surface area contributed by atoms with Crippen molar-refractivity contribution in [3.8, 4) is 0 Å². The Labute approximate surface area is 147 Å². The summed E-state index contributed by atoms with van der Waals surface area (Å²) in [6.45, 7) is 11.7. The second-order valence-electron chi connectivity index (χ2n) is 7.79. The van der Waals surface area contributed by atoms with Crippen LogP contribution in [-0.2, 0) is 5.54 Å². The summed E-state index contributed by atoms with van der Waals surface area (Å²) in [6.07, 6.45) is 2.77. The third-order valence-electron chi connectivity index (χ3n) is 4.80. The first-order chi connectivity index (χ1) is 11.8. The zero-order chi connectivity index (χ0) is 18.2. The number of hydrogen-bond acceptors (Lipinski definition) is 4. The lowest BCUT2D eigenvalue weighted by Crippen LogP contribution is -2.28. The first-order valence-corrected chi connectivity index (χ1v) is 8.99. The molecule has 136 valence electrons. The molecule has 5 nitrogen and oxygen atoms in total. The van der Waals surface area contributed by atoms with Gasteiger partial charge in [-0.05, 0) is 52.3 Å². The average Bonchev–Trinajstić information content (AvgIpc) is 3.00. The van der Waals surface area contributed by atoms with E-state index in [1.807, 2.05) is 30.2 Å². The average molecular weight is 346 g/mol. The van der Waals surface area contributed by atoms with Gasteiger partial charge in [0.2, 0.25) is 0 Å². The van der Waals surface area contributed by atoms with Gasteiger partial charge in [-0.2, -0.15) is 0 Å². The van der Waals surface area contributed by atoms with Crippen molar-refractivity contribution in [3.05, 3.63) is 34.4 Å². The molecule has 6 heteroatoms. The van der Waals surface area contributed by atoms with Gasteiger partial charge in [-0.15, -0.1) is 0 Å². The van der Waals surface area contributed by atoms with E-state index >= 15 is 0 Å². The van der Waals surface area contributed by atoms with Gasteiger partial charge in [0, 0.05) is 30.9 Å².